The third-order valence-electron chi connectivity index (χ3n) is 3.51. The van der Waals surface area contributed by atoms with Crippen molar-refractivity contribution in [2.45, 2.75) is 13.0 Å². The number of likely N-dealkylation sites (N-methyl/N-ethyl adjacent to an activating group) is 1. The molecule has 1 amide bonds. The molecule has 1 aromatic rings. The molecule has 0 aromatic heterocycles. The fourth-order valence-corrected chi connectivity index (χ4v) is 2.33. The third kappa shape index (κ3) is 4.34. The SMILES string of the molecule is CCNC(=O)c1ccc(N)c(NCC2CN(C)CCO2)c1. The number of hydrogen-bond donors (Lipinski definition) is 3. The molecule has 1 saturated heterocycles. The van der Waals surface area contributed by atoms with Crippen LogP contribution in [-0.2, 0) is 4.74 Å². The zero-order chi connectivity index (χ0) is 15.2. The molecule has 0 radical (unpaired) electrons. The van der Waals surface area contributed by atoms with E-state index in [9.17, 15) is 4.79 Å². The zero-order valence-corrected chi connectivity index (χ0v) is 12.7. The number of rotatable bonds is 5. The molecule has 0 saturated carbocycles. The van der Waals surface area contributed by atoms with Crippen LogP contribution in [0, 0.1) is 0 Å². The molecule has 2 rings (SSSR count). The molecule has 1 aromatic carbocycles. The van der Waals surface area contributed by atoms with Crippen LogP contribution in [0.5, 0.6) is 0 Å². The lowest BCUT2D eigenvalue weighted by atomic mass is 10.1. The summed E-state index contributed by atoms with van der Waals surface area (Å²) in [6.45, 7) is 5.78. The minimum Gasteiger partial charge on any atom is -0.397 e. The van der Waals surface area contributed by atoms with Crippen molar-refractivity contribution in [3.8, 4) is 0 Å². The Bertz CT molecular complexity index is 493. The number of amides is 1. The van der Waals surface area contributed by atoms with Crippen molar-refractivity contribution in [1.82, 2.24) is 10.2 Å². The molecule has 1 unspecified atom stereocenters. The first-order valence-corrected chi connectivity index (χ1v) is 7.32. The van der Waals surface area contributed by atoms with Gasteiger partial charge in [-0.2, -0.15) is 0 Å². The molecule has 0 bridgehead atoms. The number of anilines is 2. The average Bonchev–Trinajstić information content (AvgIpc) is 2.46. The van der Waals surface area contributed by atoms with E-state index in [1.807, 2.05) is 6.92 Å². The molecule has 4 N–H and O–H groups in total. The predicted octanol–water partition coefficient (Wildman–Crippen LogP) is 0.761. The summed E-state index contributed by atoms with van der Waals surface area (Å²) in [4.78, 5) is 14.1. The van der Waals surface area contributed by atoms with Gasteiger partial charge in [0.05, 0.1) is 24.1 Å². The summed E-state index contributed by atoms with van der Waals surface area (Å²) in [5, 5.41) is 6.06. The molecule has 1 aliphatic rings. The van der Waals surface area contributed by atoms with Crippen LogP contribution in [0.15, 0.2) is 18.2 Å². The topological polar surface area (TPSA) is 79.6 Å². The van der Waals surface area contributed by atoms with Crippen molar-refractivity contribution in [1.29, 1.82) is 0 Å². The Morgan fingerprint density at radius 1 is 1.52 bits per heavy atom. The summed E-state index contributed by atoms with van der Waals surface area (Å²) < 4.78 is 5.70. The van der Waals surface area contributed by atoms with E-state index in [2.05, 4.69) is 22.6 Å². The fraction of sp³-hybridized carbons (Fsp3) is 0.533. The standard InChI is InChI=1S/C15H24N4O2/c1-3-17-15(20)11-4-5-13(16)14(8-11)18-9-12-10-19(2)6-7-21-12/h4-5,8,12,18H,3,6-7,9-10,16H2,1-2H3,(H,17,20). The summed E-state index contributed by atoms with van der Waals surface area (Å²) in [5.74, 6) is -0.0887. The highest BCUT2D eigenvalue weighted by molar-refractivity contribution is 5.96. The van der Waals surface area contributed by atoms with Gasteiger partial charge in [0, 0.05) is 31.7 Å². The van der Waals surface area contributed by atoms with Crippen LogP contribution in [0.25, 0.3) is 0 Å². The van der Waals surface area contributed by atoms with Gasteiger partial charge in [-0.15, -0.1) is 0 Å². The highest BCUT2D eigenvalue weighted by atomic mass is 16.5. The Labute approximate surface area is 125 Å². The summed E-state index contributed by atoms with van der Waals surface area (Å²) >= 11 is 0. The van der Waals surface area contributed by atoms with Gasteiger partial charge in [0.25, 0.3) is 5.91 Å². The highest BCUT2D eigenvalue weighted by Gasteiger charge is 2.17. The van der Waals surface area contributed by atoms with Crippen LogP contribution >= 0.6 is 0 Å². The van der Waals surface area contributed by atoms with E-state index in [-0.39, 0.29) is 12.0 Å². The van der Waals surface area contributed by atoms with Gasteiger partial charge < -0.3 is 26.0 Å². The zero-order valence-electron chi connectivity index (χ0n) is 12.7. The lowest BCUT2D eigenvalue weighted by Crippen LogP contribution is -2.43. The van der Waals surface area contributed by atoms with Crippen LogP contribution in [-0.4, -0.2) is 56.7 Å². The smallest absolute Gasteiger partial charge is 0.251 e. The summed E-state index contributed by atoms with van der Waals surface area (Å²) in [5.41, 5.74) is 7.97. The minimum atomic E-state index is -0.0887. The maximum atomic E-state index is 11.8. The number of carbonyl (C=O) groups excluding carboxylic acids is 1. The number of carbonyl (C=O) groups is 1. The van der Waals surface area contributed by atoms with Crippen molar-refractivity contribution in [2.75, 3.05) is 50.9 Å². The lowest BCUT2D eigenvalue weighted by Gasteiger charge is -2.30. The van der Waals surface area contributed by atoms with Gasteiger partial charge in [-0.1, -0.05) is 0 Å². The van der Waals surface area contributed by atoms with E-state index in [1.54, 1.807) is 18.2 Å². The first kappa shape index (κ1) is 15.6. The summed E-state index contributed by atoms with van der Waals surface area (Å²) in [6.07, 6.45) is 0.135. The average molecular weight is 292 g/mol. The number of nitrogens with one attached hydrogen (secondary N) is 2. The molecule has 6 heteroatoms. The molecule has 6 nitrogen and oxygen atoms in total. The van der Waals surface area contributed by atoms with E-state index in [0.717, 1.165) is 25.4 Å². The van der Waals surface area contributed by atoms with E-state index >= 15 is 0 Å². The third-order valence-corrected chi connectivity index (χ3v) is 3.51. The molecule has 1 heterocycles. The second-order valence-corrected chi connectivity index (χ2v) is 5.30. The molecule has 1 fully saturated rings. The minimum absolute atomic E-state index is 0.0887. The van der Waals surface area contributed by atoms with Crippen molar-refractivity contribution in [3.05, 3.63) is 23.8 Å². The monoisotopic (exact) mass is 292 g/mol. The van der Waals surface area contributed by atoms with Crippen LogP contribution in [0.3, 0.4) is 0 Å². The van der Waals surface area contributed by atoms with Crippen LogP contribution in [0.2, 0.25) is 0 Å². The second kappa shape index (κ2) is 7.28. The van der Waals surface area contributed by atoms with Crippen molar-refractivity contribution >= 4 is 17.3 Å². The van der Waals surface area contributed by atoms with E-state index in [1.165, 1.54) is 0 Å². The fourth-order valence-electron chi connectivity index (χ4n) is 2.33. The molecule has 0 aliphatic carbocycles. The molecular formula is C15H24N4O2. The molecule has 116 valence electrons. The van der Waals surface area contributed by atoms with E-state index in [4.69, 9.17) is 10.5 Å². The number of benzene rings is 1. The summed E-state index contributed by atoms with van der Waals surface area (Å²) in [7, 11) is 2.08. The van der Waals surface area contributed by atoms with Gasteiger partial charge in [-0.3, -0.25) is 4.79 Å². The molecule has 1 aliphatic heterocycles. The number of hydrogen-bond acceptors (Lipinski definition) is 5. The van der Waals surface area contributed by atoms with E-state index < -0.39 is 0 Å². The van der Waals surface area contributed by atoms with Gasteiger partial charge in [0.15, 0.2) is 0 Å². The number of nitrogen functional groups attached to an aromatic ring is 1. The predicted molar refractivity (Wildman–Crippen MR) is 84.6 cm³/mol. The largest absolute Gasteiger partial charge is 0.397 e. The number of nitrogens with zero attached hydrogens (tertiary/aromatic N) is 1. The van der Waals surface area contributed by atoms with Gasteiger partial charge in [-0.05, 0) is 32.2 Å². The van der Waals surface area contributed by atoms with Crippen molar-refractivity contribution in [2.24, 2.45) is 0 Å². The van der Waals surface area contributed by atoms with E-state index in [0.29, 0.717) is 24.3 Å². The van der Waals surface area contributed by atoms with Gasteiger partial charge >= 0.3 is 0 Å². The molecular weight excluding hydrogens is 268 g/mol. The highest BCUT2D eigenvalue weighted by Crippen LogP contribution is 2.20. The molecule has 1 atom stereocenters. The van der Waals surface area contributed by atoms with Crippen molar-refractivity contribution in [3.63, 3.8) is 0 Å². The van der Waals surface area contributed by atoms with Crippen LogP contribution in [0.4, 0.5) is 11.4 Å². The first-order valence-electron chi connectivity index (χ1n) is 7.32. The van der Waals surface area contributed by atoms with Gasteiger partial charge in [-0.25, -0.2) is 0 Å². The van der Waals surface area contributed by atoms with Crippen LogP contribution < -0.4 is 16.4 Å². The van der Waals surface area contributed by atoms with Crippen LogP contribution in [0.1, 0.15) is 17.3 Å². The Morgan fingerprint density at radius 3 is 3.05 bits per heavy atom. The number of morpholine rings is 1. The maximum absolute atomic E-state index is 11.8. The Kier molecular flexibility index (Phi) is 5.41. The second-order valence-electron chi connectivity index (χ2n) is 5.30. The summed E-state index contributed by atoms with van der Waals surface area (Å²) in [6, 6.07) is 5.27. The van der Waals surface area contributed by atoms with Gasteiger partial charge in [0.2, 0.25) is 0 Å². The normalized spacial score (nSPS) is 19.2. The number of ether oxygens (including phenoxy) is 1. The number of nitrogens with two attached hydrogens (primary N) is 1. The Morgan fingerprint density at radius 2 is 2.33 bits per heavy atom. The quantitative estimate of drug-likeness (QED) is 0.698. The Hall–Kier alpha value is -1.79. The Balaban J connectivity index is 1.98. The lowest BCUT2D eigenvalue weighted by molar-refractivity contribution is -0.0117. The first-order chi connectivity index (χ1) is 10.1. The van der Waals surface area contributed by atoms with Gasteiger partial charge in [0.1, 0.15) is 0 Å². The van der Waals surface area contributed by atoms with Crippen molar-refractivity contribution < 1.29 is 9.53 Å². The molecule has 0 spiro atoms. The molecule has 21 heavy (non-hydrogen) atoms. The maximum Gasteiger partial charge on any atom is 0.251 e.